The fourth-order valence-corrected chi connectivity index (χ4v) is 5.11. The molecule has 0 aliphatic heterocycles. The van der Waals surface area contributed by atoms with E-state index in [0.717, 1.165) is 39.2 Å². The topological polar surface area (TPSA) is 86.8 Å². The third-order valence-corrected chi connectivity index (χ3v) is 8.07. The number of hydrogen-bond acceptors (Lipinski definition) is 4. The van der Waals surface area contributed by atoms with Crippen molar-refractivity contribution in [2.24, 2.45) is 0 Å². The Hall–Kier alpha value is -3.65. The highest BCUT2D eigenvalue weighted by Gasteiger charge is 2.33. The molecule has 3 aromatic rings. The maximum atomic E-state index is 14.1. The van der Waals surface area contributed by atoms with Crippen molar-refractivity contribution in [2.45, 2.75) is 59.2 Å². The van der Waals surface area contributed by atoms with E-state index in [1.165, 1.54) is 4.90 Å². The summed E-state index contributed by atoms with van der Waals surface area (Å²) in [5.41, 5.74) is 4.11. The first-order valence-electron chi connectivity index (χ1n) is 13.2. The molecule has 7 nitrogen and oxygen atoms in total. The fraction of sp³-hybridized carbons (Fsp3) is 0.355. The number of sulfonamides is 1. The maximum absolute atomic E-state index is 14.1. The Balaban J connectivity index is 2.05. The van der Waals surface area contributed by atoms with Gasteiger partial charge in [0.1, 0.15) is 12.6 Å². The molecule has 0 bridgehead atoms. The normalized spacial score (nSPS) is 12.8. The second-order valence-corrected chi connectivity index (χ2v) is 12.0. The number of nitrogens with one attached hydrogen (secondary N) is 1. The summed E-state index contributed by atoms with van der Waals surface area (Å²) < 4.78 is 26.9. The maximum Gasteiger partial charge on any atom is 0.244 e. The molecule has 0 aromatic heterocycles. The molecule has 0 spiro atoms. The summed E-state index contributed by atoms with van der Waals surface area (Å²) in [6, 6.07) is 23.4. The van der Waals surface area contributed by atoms with Gasteiger partial charge in [-0.25, -0.2) is 8.42 Å². The second kappa shape index (κ2) is 13.4. The molecule has 208 valence electrons. The van der Waals surface area contributed by atoms with E-state index in [2.05, 4.69) is 5.32 Å². The SMILES string of the molecule is CC[C@@H](C)NC(=O)[C@@H](Cc1ccccc1)N(Cc1ccccc1)C(=O)CN(c1ccc(C)c(C)c1)S(C)(=O)=O. The third kappa shape index (κ3) is 8.42. The third-order valence-electron chi connectivity index (χ3n) is 6.93. The van der Waals surface area contributed by atoms with Crippen LogP contribution in [0.5, 0.6) is 0 Å². The van der Waals surface area contributed by atoms with Gasteiger partial charge in [-0.1, -0.05) is 73.7 Å². The molecule has 8 heteroatoms. The first kappa shape index (κ1) is 29.9. The summed E-state index contributed by atoms with van der Waals surface area (Å²) in [5.74, 6) is -0.725. The highest BCUT2D eigenvalue weighted by molar-refractivity contribution is 7.92. The molecule has 2 amide bonds. The van der Waals surface area contributed by atoms with Crippen molar-refractivity contribution >= 4 is 27.5 Å². The number of amides is 2. The van der Waals surface area contributed by atoms with Gasteiger partial charge >= 0.3 is 0 Å². The van der Waals surface area contributed by atoms with Crippen molar-refractivity contribution in [2.75, 3.05) is 17.1 Å². The highest BCUT2D eigenvalue weighted by atomic mass is 32.2. The summed E-state index contributed by atoms with van der Waals surface area (Å²) in [5, 5.41) is 3.04. The van der Waals surface area contributed by atoms with Crippen LogP contribution in [0.25, 0.3) is 0 Å². The van der Waals surface area contributed by atoms with Crippen LogP contribution in [0.2, 0.25) is 0 Å². The molecule has 1 N–H and O–H groups in total. The Labute approximate surface area is 232 Å². The number of aryl methyl sites for hydroxylation is 2. The van der Waals surface area contributed by atoms with Crippen molar-refractivity contribution in [1.82, 2.24) is 10.2 Å². The van der Waals surface area contributed by atoms with Crippen LogP contribution in [0.4, 0.5) is 5.69 Å². The number of carbonyl (C=O) groups excluding carboxylic acids is 2. The molecule has 0 fully saturated rings. The van der Waals surface area contributed by atoms with Crippen molar-refractivity contribution in [3.8, 4) is 0 Å². The Morgan fingerprint density at radius 3 is 2.00 bits per heavy atom. The predicted octanol–water partition coefficient (Wildman–Crippen LogP) is 4.62. The van der Waals surface area contributed by atoms with Crippen LogP contribution < -0.4 is 9.62 Å². The van der Waals surface area contributed by atoms with Crippen LogP contribution in [-0.4, -0.2) is 50.0 Å². The van der Waals surface area contributed by atoms with Gasteiger partial charge in [0.15, 0.2) is 0 Å². The number of benzene rings is 3. The average Bonchev–Trinajstić information content (AvgIpc) is 2.91. The smallest absolute Gasteiger partial charge is 0.244 e. The lowest BCUT2D eigenvalue weighted by atomic mass is 10.0. The molecule has 0 radical (unpaired) electrons. The van der Waals surface area contributed by atoms with Crippen LogP contribution in [0.1, 0.15) is 42.5 Å². The van der Waals surface area contributed by atoms with Crippen LogP contribution in [0, 0.1) is 13.8 Å². The molecule has 2 atom stereocenters. The van der Waals surface area contributed by atoms with E-state index in [9.17, 15) is 18.0 Å². The van der Waals surface area contributed by atoms with Gasteiger partial charge in [-0.2, -0.15) is 0 Å². The molecular weight excluding hydrogens is 510 g/mol. The molecule has 0 saturated heterocycles. The van der Waals surface area contributed by atoms with Gasteiger partial charge in [-0.15, -0.1) is 0 Å². The van der Waals surface area contributed by atoms with E-state index in [1.54, 1.807) is 12.1 Å². The molecule has 0 heterocycles. The predicted molar refractivity (Wildman–Crippen MR) is 157 cm³/mol. The first-order valence-corrected chi connectivity index (χ1v) is 15.1. The lowest BCUT2D eigenvalue weighted by Crippen LogP contribution is -2.54. The van der Waals surface area contributed by atoms with E-state index in [1.807, 2.05) is 94.4 Å². The van der Waals surface area contributed by atoms with Gasteiger partial charge < -0.3 is 10.2 Å². The van der Waals surface area contributed by atoms with Gasteiger partial charge in [-0.3, -0.25) is 13.9 Å². The number of nitrogens with zero attached hydrogens (tertiary/aromatic N) is 2. The summed E-state index contributed by atoms with van der Waals surface area (Å²) in [7, 11) is -3.79. The quantitative estimate of drug-likeness (QED) is 0.357. The lowest BCUT2D eigenvalue weighted by molar-refractivity contribution is -0.140. The summed E-state index contributed by atoms with van der Waals surface area (Å²) >= 11 is 0. The molecular formula is C31H39N3O4S. The van der Waals surface area contributed by atoms with Gasteiger partial charge in [0, 0.05) is 19.0 Å². The lowest BCUT2D eigenvalue weighted by Gasteiger charge is -2.34. The fourth-order valence-electron chi connectivity index (χ4n) is 4.27. The Bertz CT molecular complexity index is 1360. The van der Waals surface area contributed by atoms with Crippen molar-refractivity contribution in [1.29, 1.82) is 0 Å². The van der Waals surface area contributed by atoms with Crippen LogP contribution in [-0.2, 0) is 32.6 Å². The number of carbonyl (C=O) groups is 2. The zero-order chi connectivity index (χ0) is 28.6. The van der Waals surface area contributed by atoms with Gasteiger partial charge in [0.25, 0.3) is 0 Å². The minimum absolute atomic E-state index is 0.0764. The number of anilines is 1. The Morgan fingerprint density at radius 2 is 1.46 bits per heavy atom. The van der Waals surface area contributed by atoms with E-state index >= 15 is 0 Å². The molecule has 0 saturated carbocycles. The Kier molecular flexibility index (Phi) is 10.3. The minimum Gasteiger partial charge on any atom is -0.352 e. The van der Waals surface area contributed by atoms with Crippen molar-refractivity contribution < 1.29 is 18.0 Å². The monoisotopic (exact) mass is 549 g/mol. The Morgan fingerprint density at radius 1 is 0.872 bits per heavy atom. The second-order valence-electron chi connectivity index (χ2n) is 10.1. The molecule has 3 aromatic carbocycles. The van der Waals surface area contributed by atoms with Crippen molar-refractivity contribution in [3.05, 3.63) is 101 Å². The van der Waals surface area contributed by atoms with Gasteiger partial charge in [0.2, 0.25) is 21.8 Å². The van der Waals surface area contributed by atoms with E-state index in [4.69, 9.17) is 0 Å². The molecule has 0 aliphatic rings. The van der Waals surface area contributed by atoms with Crippen molar-refractivity contribution in [3.63, 3.8) is 0 Å². The van der Waals surface area contributed by atoms with Crippen LogP contribution >= 0.6 is 0 Å². The van der Waals surface area contributed by atoms with E-state index in [-0.39, 0.29) is 18.5 Å². The first-order chi connectivity index (χ1) is 18.5. The van der Waals surface area contributed by atoms with Gasteiger partial charge in [0.05, 0.1) is 11.9 Å². The molecule has 0 unspecified atom stereocenters. The molecule has 39 heavy (non-hydrogen) atoms. The van der Waals surface area contributed by atoms with Crippen LogP contribution in [0.3, 0.4) is 0 Å². The van der Waals surface area contributed by atoms with Crippen LogP contribution in [0.15, 0.2) is 78.9 Å². The average molecular weight is 550 g/mol. The van der Waals surface area contributed by atoms with E-state index < -0.39 is 28.5 Å². The zero-order valence-corrected chi connectivity index (χ0v) is 24.2. The summed E-state index contributed by atoms with van der Waals surface area (Å²) in [4.78, 5) is 29.2. The standard InChI is InChI=1S/C31H39N3O4S/c1-6-25(4)32-31(36)29(20-26-13-9-7-10-14-26)33(21-27-15-11-8-12-16-27)30(35)22-34(39(5,37)38)28-18-17-23(2)24(3)19-28/h7-19,25,29H,6,20-22H2,1-5H3,(H,32,36)/t25-,29-/m1/s1. The summed E-state index contributed by atoms with van der Waals surface area (Å²) in [6.45, 7) is 7.49. The minimum atomic E-state index is -3.79. The van der Waals surface area contributed by atoms with Gasteiger partial charge in [-0.05, 0) is 61.6 Å². The largest absolute Gasteiger partial charge is 0.352 e. The number of rotatable bonds is 12. The highest BCUT2D eigenvalue weighted by Crippen LogP contribution is 2.23. The number of hydrogen-bond donors (Lipinski definition) is 1. The van der Waals surface area contributed by atoms with E-state index in [0.29, 0.717) is 12.1 Å². The zero-order valence-electron chi connectivity index (χ0n) is 23.4. The summed E-state index contributed by atoms with van der Waals surface area (Å²) in [6.07, 6.45) is 2.13. The molecule has 3 rings (SSSR count). The molecule has 0 aliphatic carbocycles.